The van der Waals surface area contributed by atoms with Gasteiger partial charge in [-0.15, -0.1) is 0 Å². The van der Waals surface area contributed by atoms with Crippen LogP contribution < -0.4 is 5.56 Å². The number of nitrogens with one attached hydrogen (secondary N) is 1. The Labute approximate surface area is 94.7 Å². The Morgan fingerprint density at radius 3 is 2.69 bits per heavy atom. The predicted octanol–water partition coefficient (Wildman–Crippen LogP) is 2.10. The number of halogens is 4. The molecule has 0 unspecified atom stereocenters. The van der Waals surface area contributed by atoms with Gasteiger partial charge in [-0.2, -0.15) is 13.2 Å². The van der Waals surface area contributed by atoms with Gasteiger partial charge < -0.3 is 4.98 Å². The highest BCUT2D eigenvalue weighted by molar-refractivity contribution is 9.10. The molecule has 8 heteroatoms. The van der Waals surface area contributed by atoms with E-state index in [1.807, 2.05) is 0 Å². The minimum absolute atomic E-state index is 0.0508. The summed E-state index contributed by atoms with van der Waals surface area (Å²) in [5, 5.41) is 0.0508. The molecular weight excluding hydrogens is 291 g/mol. The number of fused-ring (bicyclic) bond motifs is 1. The summed E-state index contributed by atoms with van der Waals surface area (Å²) in [5.74, 6) is -1.32. The fourth-order valence-electron chi connectivity index (χ4n) is 1.15. The number of alkyl halides is 3. The zero-order valence-electron chi connectivity index (χ0n) is 7.47. The van der Waals surface area contributed by atoms with Gasteiger partial charge in [-0.1, -0.05) is 0 Å². The number of aromatic nitrogens is 3. The van der Waals surface area contributed by atoms with Crippen LogP contribution in [0.1, 0.15) is 5.82 Å². The SMILES string of the molecule is O=c1[nH]c(C(F)(F)F)nc2cnc(Br)cc12. The van der Waals surface area contributed by atoms with E-state index in [0.717, 1.165) is 6.20 Å². The normalized spacial score (nSPS) is 12.0. The Balaban J connectivity index is 2.79. The molecule has 0 amide bonds. The lowest BCUT2D eigenvalue weighted by molar-refractivity contribution is -0.144. The van der Waals surface area contributed by atoms with Gasteiger partial charge in [0.1, 0.15) is 4.60 Å². The van der Waals surface area contributed by atoms with Crippen LogP contribution in [0.15, 0.2) is 21.7 Å². The summed E-state index contributed by atoms with van der Waals surface area (Å²) in [6.07, 6.45) is -3.58. The van der Waals surface area contributed by atoms with Gasteiger partial charge in [0.2, 0.25) is 5.82 Å². The predicted molar refractivity (Wildman–Crippen MR) is 52.9 cm³/mol. The Hall–Kier alpha value is -1.44. The third-order valence-corrected chi connectivity index (χ3v) is 2.26. The van der Waals surface area contributed by atoms with E-state index in [1.54, 1.807) is 4.98 Å². The van der Waals surface area contributed by atoms with E-state index < -0.39 is 17.6 Å². The number of H-pyrrole nitrogens is 1. The van der Waals surface area contributed by atoms with Crippen LogP contribution in [-0.2, 0) is 6.18 Å². The zero-order chi connectivity index (χ0) is 11.9. The molecule has 2 heterocycles. The number of hydrogen-bond donors (Lipinski definition) is 1. The highest BCUT2D eigenvalue weighted by atomic mass is 79.9. The monoisotopic (exact) mass is 293 g/mol. The number of pyridine rings is 1. The molecule has 0 saturated heterocycles. The van der Waals surface area contributed by atoms with Gasteiger partial charge in [0.25, 0.3) is 5.56 Å². The van der Waals surface area contributed by atoms with Crippen molar-refractivity contribution >= 4 is 26.8 Å². The van der Waals surface area contributed by atoms with E-state index in [2.05, 4.69) is 25.9 Å². The Kier molecular flexibility index (Phi) is 2.45. The van der Waals surface area contributed by atoms with Gasteiger partial charge >= 0.3 is 6.18 Å². The van der Waals surface area contributed by atoms with Crippen LogP contribution in [0.5, 0.6) is 0 Å². The minimum atomic E-state index is -4.68. The first-order valence-electron chi connectivity index (χ1n) is 4.01. The summed E-state index contributed by atoms with van der Waals surface area (Å²) < 4.78 is 37.3. The van der Waals surface area contributed by atoms with E-state index in [0.29, 0.717) is 4.60 Å². The van der Waals surface area contributed by atoms with E-state index in [9.17, 15) is 18.0 Å². The molecule has 0 saturated carbocycles. The zero-order valence-corrected chi connectivity index (χ0v) is 9.06. The smallest absolute Gasteiger partial charge is 0.302 e. The van der Waals surface area contributed by atoms with Crippen molar-refractivity contribution in [3.8, 4) is 0 Å². The second-order valence-corrected chi connectivity index (χ2v) is 3.75. The van der Waals surface area contributed by atoms with Crippen LogP contribution >= 0.6 is 15.9 Å². The molecule has 16 heavy (non-hydrogen) atoms. The molecule has 0 bridgehead atoms. The second kappa shape index (κ2) is 3.55. The van der Waals surface area contributed by atoms with Gasteiger partial charge in [-0.05, 0) is 22.0 Å². The van der Waals surface area contributed by atoms with Crippen molar-refractivity contribution in [1.29, 1.82) is 0 Å². The van der Waals surface area contributed by atoms with Crippen molar-refractivity contribution < 1.29 is 13.2 Å². The number of aromatic amines is 1. The topological polar surface area (TPSA) is 58.6 Å². The van der Waals surface area contributed by atoms with Crippen molar-refractivity contribution in [3.05, 3.63) is 33.0 Å². The Morgan fingerprint density at radius 1 is 1.38 bits per heavy atom. The number of nitrogens with zero attached hydrogens (tertiary/aromatic N) is 2. The summed E-state index contributed by atoms with van der Waals surface area (Å²) in [4.78, 5) is 20.0. The van der Waals surface area contributed by atoms with Crippen molar-refractivity contribution in [2.24, 2.45) is 0 Å². The molecular formula is C8H3BrF3N3O. The number of rotatable bonds is 0. The summed E-state index contributed by atoms with van der Waals surface area (Å²) in [5.41, 5.74) is -0.945. The maximum Gasteiger partial charge on any atom is 0.449 e. The maximum atomic E-state index is 12.3. The van der Waals surface area contributed by atoms with Crippen LogP contribution in [0.3, 0.4) is 0 Å². The standard InChI is InChI=1S/C8H3BrF3N3O/c9-5-1-3-4(2-13-5)14-7(8(10,11)12)15-6(3)16/h1-2H,(H,14,15,16). The molecule has 0 aromatic carbocycles. The molecule has 0 aliphatic carbocycles. The fraction of sp³-hybridized carbons (Fsp3) is 0.125. The molecule has 0 aliphatic heterocycles. The van der Waals surface area contributed by atoms with Crippen LogP contribution in [0.2, 0.25) is 0 Å². The third-order valence-electron chi connectivity index (χ3n) is 1.83. The first-order chi connectivity index (χ1) is 7.38. The number of hydrogen-bond acceptors (Lipinski definition) is 3. The average molecular weight is 294 g/mol. The molecule has 0 fully saturated rings. The van der Waals surface area contributed by atoms with Gasteiger partial charge in [0.15, 0.2) is 0 Å². The highest BCUT2D eigenvalue weighted by Crippen LogP contribution is 2.26. The third kappa shape index (κ3) is 1.92. The summed E-state index contributed by atoms with van der Waals surface area (Å²) >= 11 is 3.01. The van der Waals surface area contributed by atoms with Crippen molar-refractivity contribution in [2.45, 2.75) is 6.18 Å². The van der Waals surface area contributed by atoms with Gasteiger partial charge in [0.05, 0.1) is 17.1 Å². The van der Waals surface area contributed by atoms with Crippen molar-refractivity contribution in [2.75, 3.05) is 0 Å². The average Bonchev–Trinajstić information content (AvgIpc) is 2.17. The molecule has 0 atom stereocenters. The molecule has 84 valence electrons. The summed E-state index contributed by atoms with van der Waals surface area (Å²) in [6.45, 7) is 0. The summed E-state index contributed by atoms with van der Waals surface area (Å²) in [7, 11) is 0. The van der Waals surface area contributed by atoms with Gasteiger partial charge in [0, 0.05) is 0 Å². The lowest BCUT2D eigenvalue weighted by Gasteiger charge is -2.05. The van der Waals surface area contributed by atoms with Crippen LogP contribution in [0.4, 0.5) is 13.2 Å². The molecule has 2 aromatic heterocycles. The molecule has 0 spiro atoms. The molecule has 4 nitrogen and oxygen atoms in total. The molecule has 0 aliphatic rings. The largest absolute Gasteiger partial charge is 0.449 e. The summed E-state index contributed by atoms with van der Waals surface area (Å²) in [6, 6.07) is 1.31. The first-order valence-corrected chi connectivity index (χ1v) is 4.80. The molecule has 2 aromatic rings. The Bertz CT molecular complexity index is 607. The minimum Gasteiger partial charge on any atom is -0.302 e. The van der Waals surface area contributed by atoms with Gasteiger partial charge in [-0.25, -0.2) is 9.97 Å². The second-order valence-electron chi connectivity index (χ2n) is 2.94. The van der Waals surface area contributed by atoms with E-state index >= 15 is 0 Å². The van der Waals surface area contributed by atoms with E-state index in [4.69, 9.17) is 0 Å². The molecule has 0 radical (unpaired) electrons. The Morgan fingerprint density at radius 2 is 2.06 bits per heavy atom. The quantitative estimate of drug-likeness (QED) is 0.757. The maximum absolute atomic E-state index is 12.3. The van der Waals surface area contributed by atoms with Crippen molar-refractivity contribution in [3.63, 3.8) is 0 Å². The van der Waals surface area contributed by atoms with Gasteiger partial charge in [-0.3, -0.25) is 4.79 Å². The molecule has 1 N–H and O–H groups in total. The molecule has 2 rings (SSSR count). The van der Waals surface area contributed by atoms with Crippen LogP contribution in [0.25, 0.3) is 10.9 Å². The van der Waals surface area contributed by atoms with Crippen molar-refractivity contribution in [1.82, 2.24) is 15.0 Å². The fourth-order valence-corrected chi connectivity index (χ4v) is 1.48. The highest BCUT2D eigenvalue weighted by Gasteiger charge is 2.34. The lowest BCUT2D eigenvalue weighted by Crippen LogP contribution is -2.19. The lowest BCUT2D eigenvalue weighted by atomic mass is 10.3. The first kappa shape index (κ1) is 11.1. The van der Waals surface area contributed by atoms with E-state index in [1.165, 1.54) is 6.07 Å². The van der Waals surface area contributed by atoms with Crippen LogP contribution in [-0.4, -0.2) is 15.0 Å². The van der Waals surface area contributed by atoms with E-state index in [-0.39, 0.29) is 10.9 Å². The van der Waals surface area contributed by atoms with Crippen LogP contribution in [0, 0.1) is 0 Å².